The molecular formula is C25H24N2O4. The Bertz CT molecular complexity index is 1190. The molecule has 1 aromatic heterocycles. The highest BCUT2D eigenvalue weighted by molar-refractivity contribution is 6.22. The number of aromatic nitrogens is 1. The highest BCUT2D eigenvalue weighted by Crippen LogP contribution is 2.38. The third-order valence-electron chi connectivity index (χ3n) is 5.55. The lowest BCUT2D eigenvalue weighted by atomic mass is 10.0. The van der Waals surface area contributed by atoms with E-state index in [4.69, 9.17) is 9.47 Å². The Labute approximate surface area is 181 Å². The first-order valence-electron chi connectivity index (χ1n) is 10.0. The molecular weight excluding hydrogens is 392 g/mol. The van der Waals surface area contributed by atoms with Crippen molar-refractivity contribution in [1.82, 2.24) is 4.57 Å². The van der Waals surface area contributed by atoms with Crippen LogP contribution in [-0.2, 0) is 17.7 Å². The molecule has 0 fully saturated rings. The topological polar surface area (TPSA) is 73.1 Å². The van der Waals surface area contributed by atoms with Crippen LogP contribution in [0.2, 0.25) is 0 Å². The zero-order chi connectivity index (χ0) is 22.0. The Morgan fingerprint density at radius 1 is 1.16 bits per heavy atom. The molecule has 1 aliphatic heterocycles. The summed E-state index contributed by atoms with van der Waals surface area (Å²) in [6, 6.07) is 15.6. The number of hydrogen-bond acceptors (Lipinski definition) is 5. The normalized spacial score (nSPS) is 13.5. The van der Waals surface area contributed by atoms with Gasteiger partial charge in [0.1, 0.15) is 5.75 Å². The van der Waals surface area contributed by atoms with Gasteiger partial charge < -0.3 is 19.1 Å². The maximum atomic E-state index is 12.6. The molecule has 0 atom stereocenters. The SMILES string of the molecule is COC(=O)c1c(C=C2C=Nc3ccc(OC)cc32)c(O)n(CCc2ccccc2)c1C. The molecule has 0 amide bonds. The minimum atomic E-state index is -0.487. The lowest BCUT2D eigenvalue weighted by molar-refractivity contribution is 0.0599. The van der Waals surface area contributed by atoms with Gasteiger partial charge in [0.15, 0.2) is 5.88 Å². The molecule has 31 heavy (non-hydrogen) atoms. The summed E-state index contributed by atoms with van der Waals surface area (Å²) in [7, 11) is 2.95. The number of carbonyl (C=O) groups is 1. The first-order chi connectivity index (χ1) is 15.0. The number of aliphatic imine (C=N–C) groups is 1. The minimum absolute atomic E-state index is 0.0334. The van der Waals surface area contributed by atoms with Crippen molar-refractivity contribution in [3.63, 3.8) is 0 Å². The number of aromatic hydroxyl groups is 1. The third kappa shape index (κ3) is 3.84. The average Bonchev–Trinajstić information content (AvgIpc) is 3.30. The molecule has 0 spiro atoms. The van der Waals surface area contributed by atoms with Gasteiger partial charge in [0, 0.05) is 29.6 Å². The summed E-state index contributed by atoms with van der Waals surface area (Å²) in [5, 5.41) is 11.1. The Hall–Kier alpha value is -3.80. The first kappa shape index (κ1) is 20.5. The van der Waals surface area contributed by atoms with Crippen LogP contribution in [0.25, 0.3) is 11.6 Å². The van der Waals surface area contributed by atoms with Gasteiger partial charge in [-0.05, 0) is 43.2 Å². The fourth-order valence-corrected chi connectivity index (χ4v) is 3.87. The summed E-state index contributed by atoms with van der Waals surface area (Å²) >= 11 is 0. The number of aryl methyl sites for hydroxylation is 1. The standard InChI is InChI=1S/C25H24N2O4/c1-16-23(25(29)31-3)21(24(28)27(16)12-11-17-7-5-4-6-8-17)13-18-15-26-22-10-9-19(30-2)14-20(18)22/h4-10,13-15,28H,11-12H2,1-3H3. The maximum absolute atomic E-state index is 12.6. The number of methoxy groups -OCH3 is 2. The second kappa shape index (κ2) is 8.52. The number of carbonyl (C=O) groups excluding carboxylic acids is 1. The van der Waals surface area contributed by atoms with E-state index < -0.39 is 5.97 Å². The van der Waals surface area contributed by atoms with E-state index in [2.05, 4.69) is 4.99 Å². The molecule has 0 aliphatic carbocycles. The summed E-state index contributed by atoms with van der Waals surface area (Å²) in [4.78, 5) is 17.0. The van der Waals surface area contributed by atoms with E-state index in [9.17, 15) is 9.90 Å². The van der Waals surface area contributed by atoms with Crippen LogP contribution in [0.15, 0.2) is 53.5 Å². The van der Waals surface area contributed by atoms with E-state index >= 15 is 0 Å². The van der Waals surface area contributed by atoms with Crippen LogP contribution in [0.3, 0.4) is 0 Å². The van der Waals surface area contributed by atoms with Crippen molar-refractivity contribution in [2.45, 2.75) is 19.9 Å². The van der Waals surface area contributed by atoms with Crippen molar-refractivity contribution < 1.29 is 19.4 Å². The van der Waals surface area contributed by atoms with E-state index in [-0.39, 0.29) is 5.88 Å². The zero-order valence-corrected chi connectivity index (χ0v) is 17.8. The predicted molar refractivity (Wildman–Crippen MR) is 121 cm³/mol. The lowest BCUT2D eigenvalue weighted by Crippen LogP contribution is -2.07. The number of fused-ring (bicyclic) bond motifs is 1. The van der Waals surface area contributed by atoms with Crippen molar-refractivity contribution >= 4 is 29.5 Å². The second-order valence-electron chi connectivity index (χ2n) is 7.32. The van der Waals surface area contributed by atoms with Crippen molar-refractivity contribution in [3.8, 4) is 11.6 Å². The monoisotopic (exact) mass is 416 g/mol. The van der Waals surface area contributed by atoms with Crippen LogP contribution in [0.5, 0.6) is 11.6 Å². The van der Waals surface area contributed by atoms with E-state index in [0.717, 1.165) is 28.8 Å². The fraction of sp³-hybridized carbons (Fsp3) is 0.200. The molecule has 3 aromatic rings. The summed E-state index contributed by atoms with van der Waals surface area (Å²) < 4.78 is 12.1. The average molecular weight is 416 g/mol. The van der Waals surface area contributed by atoms with E-state index in [1.165, 1.54) is 7.11 Å². The van der Waals surface area contributed by atoms with Gasteiger partial charge >= 0.3 is 5.97 Å². The predicted octanol–water partition coefficient (Wildman–Crippen LogP) is 4.80. The van der Waals surface area contributed by atoms with Gasteiger partial charge in [0.2, 0.25) is 0 Å². The van der Waals surface area contributed by atoms with Crippen LogP contribution >= 0.6 is 0 Å². The Morgan fingerprint density at radius 3 is 2.65 bits per heavy atom. The number of hydrogen-bond donors (Lipinski definition) is 1. The maximum Gasteiger partial charge on any atom is 0.340 e. The first-order valence-corrected chi connectivity index (χ1v) is 10.0. The van der Waals surface area contributed by atoms with Crippen molar-refractivity contribution in [2.75, 3.05) is 14.2 Å². The molecule has 6 nitrogen and oxygen atoms in total. The van der Waals surface area contributed by atoms with Gasteiger partial charge in [-0.1, -0.05) is 30.3 Å². The molecule has 2 aromatic carbocycles. The molecule has 2 heterocycles. The molecule has 0 saturated carbocycles. The van der Waals surface area contributed by atoms with Crippen LogP contribution < -0.4 is 4.74 Å². The quantitative estimate of drug-likeness (QED) is 0.586. The molecule has 1 N–H and O–H groups in total. The highest BCUT2D eigenvalue weighted by atomic mass is 16.5. The molecule has 0 radical (unpaired) electrons. The van der Waals surface area contributed by atoms with Crippen molar-refractivity contribution in [3.05, 3.63) is 76.5 Å². The largest absolute Gasteiger partial charge is 0.497 e. The van der Waals surface area contributed by atoms with Gasteiger partial charge in [0.25, 0.3) is 0 Å². The van der Waals surface area contributed by atoms with Crippen molar-refractivity contribution in [1.29, 1.82) is 0 Å². The summed E-state index contributed by atoms with van der Waals surface area (Å²) in [6.07, 6.45) is 4.23. The van der Waals surface area contributed by atoms with Gasteiger partial charge in [-0.15, -0.1) is 0 Å². The lowest BCUT2D eigenvalue weighted by Gasteiger charge is -2.08. The smallest absolute Gasteiger partial charge is 0.340 e. The molecule has 6 heteroatoms. The van der Waals surface area contributed by atoms with Crippen LogP contribution in [0, 0.1) is 6.92 Å². The third-order valence-corrected chi connectivity index (χ3v) is 5.55. The van der Waals surface area contributed by atoms with Gasteiger partial charge in [-0.3, -0.25) is 4.99 Å². The Morgan fingerprint density at radius 2 is 1.94 bits per heavy atom. The zero-order valence-electron chi connectivity index (χ0n) is 17.8. The molecule has 0 unspecified atom stereocenters. The Balaban J connectivity index is 1.77. The molecule has 4 rings (SSSR count). The number of nitrogens with zero attached hydrogens (tertiary/aromatic N) is 2. The fourth-order valence-electron chi connectivity index (χ4n) is 3.87. The van der Waals surface area contributed by atoms with Crippen LogP contribution in [0.1, 0.15) is 32.7 Å². The number of benzene rings is 2. The number of rotatable bonds is 6. The second-order valence-corrected chi connectivity index (χ2v) is 7.32. The molecule has 0 bridgehead atoms. The van der Waals surface area contributed by atoms with Crippen molar-refractivity contribution in [2.24, 2.45) is 4.99 Å². The minimum Gasteiger partial charge on any atom is -0.497 e. The molecule has 158 valence electrons. The van der Waals surface area contributed by atoms with E-state index in [0.29, 0.717) is 29.1 Å². The number of ether oxygens (including phenoxy) is 2. The van der Waals surface area contributed by atoms with Gasteiger partial charge in [0.05, 0.1) is 31.0 Å². The molecule has 1 aliphatic rings. The molecule has 0 saturated heterocycles. The Kier molecular flexibility index (Phi) is 5.62. The van der Waals surface area contributed by atoms with E-state index in [1.807, 2.05) is 55.5 Å². The highest BCUT2D eigenvalue weighted by Gasteiger charge is 2.26. The van der Waals surface area contributed by atoms with Crippen LogP contribution in [0.4, 0.5) is 5.69 Å². The number of allylic oxidation sites excluding steroid dienone is 1. The summed E-state index contributed by atoms with van der Waals surface area (Å²) in [5.41, 5.74) is 5.07. The van der Waals surface area contributed by atoms with E-state index in [1.54, 1.807) is 24.0 Å². The summed E-state index contributed by atoms with van der Waals surface area (Å²) in [5.74, 6) is 0.258. The number of esters is 1. The van der Waals surface area contributed by atoms with Gasteiger partial charge in [-0.25, -0.2) is 4.79 Å². The van der Waals surface area contributed by atoms with Crippen LogP contribution in [-0.4, -0.2) is 36.1 Å². The van der Waals surface area contributed by atoms with Gasteiger partial charge in [-0.2, -0.15) is 0 Å². The summed E-state index contributed by atoms with van der Waals surface area (Å²) in [6.45, 7) is 2.35.